The number of hydrogen-bond acceptors (Lipinski definition) is 3. The van der Waals surface area contributed by atoms with Crippen molar-refractivity contribution in [2.24, 2.45) is 5.73 Å². The molecule has 1 amide bonds. The van der Waals surface area contributed by atoms with Gasteiger partial charge in [-0.05, 0) is 18.4 Å². The van der Waals surface area contributed by atoms with E-state index in [0.717, 1.165) is 12.0 Å². The first kappa shape index (κ1) is 15.4. The van der Waals surface area contributed by atoms with Gasteiger partial charge in [-0.3, -0.25) is 4.79 Å². The van der Waals surface area contributed by atoms with E-state index in [1.165, 1.54) is 0 Å². The lowest BCUT2D eigenvalue weighted by Crippen LogP contribution is -2.43. The standard InChI is InChI=1S/C15H22N2O2/c1-2-3-10-19-11-9-17-15(18)14(16)12-13-7-5-4-6-8-13/h2,4-8,14H,1,3,9-12,16H2,(H,17,18)/t14-/m0/s1. The Hall–Kier alpha value is -1.65. The molecule has 0 fully saturated rings. The van der Waals surface area contributed by atoms with Crippen LogP contribution in [0.4, 0.5) is 0 Å². The molecule has 1 aromatic carbocycles. The summed E-state index contributed by atoms with van der Waals surface area (Å²) in [5.41, 5.74) is 6.91. The quantitative estimate of drug-likeness (QED) is 0.520. The highest BCUT2D eigenvalue weighted by Crippen LogP contribution is 2.01. The van der Waals surface area contributed by atoms with Crippen LogP contribution in [0, 0.1) is 0 Å². The highest BCUT2D eigenvalue weighted by Gasteiger charge is 2.12. The van der Waals surface area contributed by atoms with E-state index in [0.29, 0.717) is 26.2 Å². The van der Waals surface area contributed by atoms with Crippen LogP contribution >= 0.6 is 0 Å². The normalized spacial score (nSPS) is 11.8. The maximum atomic E-state index is 11.7. The second kappa shape index (κ2) is 9.30. The van der Waals surface area contributed by atoms with Crippen LogP contribution in [0.2, 0.25) is 0 Å². The molecule has 0 spiro atoms. The van der Waals surface area contributed by atoms with Crippen LogP contribution in [0.15, 0.2) is 43.0 Å². The first-order valence-electron chi connectivity index (χ1n) is 6.50. The average molecular weight is 262 g/mol. The summed E-state index contributed by atoms with van der Waals surface area (Å²) in [4.78, 5) is 11.7. The smallest absolute Gasteiger partial charge is 0.237 e. The summed E-state index contributed by atoms with van der Waals surface area (Å²) in [6, 6.07) is 9.23. The number of nitrogens with two attached hydrogens (primary N) is 1. The summed E-state index contributed by atoms with van der Waals surface area (Å²) >= 11 is 0. The fourth-order valence-electron chi connectivity index (χ4n) is 1.61. The van der Waals surface area contributed by atoms with Crippen molar-refractivity contribution in [3.05, 3.63) is 48.6 Å². The Morgan fingerprint density at radius 3 is 2.79 bits per heavy atom. The largest absolute Gasteiger partial charge is 0.379 e. The average Bonchev–Trinajstić information content (AvgIpc) is 2.43. The molecular formula is C15H22N2O2. The fourth-order valence-corrected chi connectivity index (χ4v) is 1.61. The van der Waals surface area contributed by atoms with Gasteiger partial charge < -0.3 is 15.8 Å². The SMILES string of the molecule is C=CCCOCCNC(=O)[C@@H](N)Cc1ccccc1. The molecule has 0 aliphatic rings. The third kappa shape index (κ3) is 6.74. The van der Waals surface area contributed by atoms with Crippen molar-refractivity contribution >= 4 is 5.91 Å². The van der Waals surface area contributed by atoms with E-state index in [-0.39, 0.29) is 5.91 Å². The molecular weight excluding hydrogens is 240 g/mol. The van der Waals surface area contributed by atoms with Crippen molar-refractivity contribution in [3.8, 4) is 0 Å². The Morgan fingerprint density at radius 2 is 2.11 bits per heavy atom. The predicted octanol–water partition coefficient (Wildman–Crippen LogP) is 1.27. The minimum absolute atomic E-state index is 0.142. The zero-order valence-corrected chi connectivity index (χ0v) is 11.2. The zero-order chi connectivity index (χ0) is 13.9. The topological polar surface area (TPSA) is 64.3 Å². The maximum Gasteiger partial charge on any atom is 0.237 e. The summed E-state index contributed by atoms with van der Waals surface area (Å²) < 4.78 is 5.30. The molecule has 0 aliphatic heterocycles. The molecule has 104 valence electrons. The van der Waals surface area contributed by atoms with Gasteiger partial charge in [0.05, 0.1) is 19.3 Å². The Morgan fingerprint density at radius 1 is 1.37 bits per heavy atom. The Bertz CT molecular complexity index is 379. The molecule has 0 bridgehead atoms. The lowest BCUT2D eigenvalue weighted by atomic mass is 10.1. The Balaban J connectivity index is 2.16. The summed E-state index contributed by atoms with van der Waals surface area (Å²) in [6.45, 7) is 5.22. The lowest BCUT2D eigenvalue weighted by Gasteiger charge is -2.12. The monoisotopic (exact) mass is 262 g/mol. The van der Waals surface area contributed by atoms with E-state index < -0.39 is 6.04 Å². The van der Waals surface area contributed by atoms with Crippen molar-refractivity contribution in [2.75, 3.05) is 19.8 Å². The van der Waals surface area contributed by atoms with Crippen molar-refractivity contribution in [1.82, 2.24) is 5.32 Å². The number of carbonyl (C=O) groups is 1. The summed E-state index contributed by atoms with van der Waals surface area (Å²) in [5.74, 6) is -0.142. The number of benzene rings is 1. The molecule has 0 aromatic heterocycles. The molecule has 0 unspecified atom stereocenters. The van der Waals surface area contributed by atoms with Crippen LogP contribution in [0.3, 0.4) is 0 Å². The molecule has 0 saturated heterocycles. The van der Waals surface area contributed by atoms with Crippen molar-refractivity contribution in [2.45, 2.75) is 18.9 Å². The molecule has 0 saturated carbocycles. The second-order valence-corrected chi connectivity index (χ2v) is 4.28. The number of rotatable bonds is 9. The van der Waals surface area contributed by atoms with Gasteiger partial charge in [-0.15, -0.1) is 6.58 Å². The summed E-state index contributed by atoms with van der Waals surface area (Å²) in [7, 11) is 0. The second-order valence-electron chi connectivity index (χ2n) is 4.28. The molecule has 19 heavy (non-hydrogen) atoms. The van der Waals surface area contributed by atoms with Crippen LogP contribution in [0.5, 0.6) is 0 Å². The Kier molecular flexibility index (Phi) is 7.54. The molecule has 1 aromatic rings. The van der Waals surface area contributed by atoms with E-state index in [1.54, 1.807) is 6.08 Å². The van der Waals surface area contributed by atoms with Crippen LogP contribution in [-0.4, -0.2) is 31.7 Å². The molecule has 0 aliphatic carbocycles. The molecule has 0 heterocycles. The molecule has 3 N–H and O–H groups in total. The maximum absolute atomic E-state index is 11.7. The molecule has 4 nitrogen and oxygen atoms in total. The van der Waals surface area contributed by atoms with Gasteiger partial charge in [0.15, 0.2) is 0 Å². The number of carbonyl (C=O) groups excluding carboxylic acids is 1. The van der Waals surface area contributed by atoms with Gasteiger partial charge in [0.2, 0.25) is 5.91 Å². The third-order valence-electron chi connectivity index (χ3n) is 2.65. The van der Waals surface area contributed by atoms with E-state index >= 15 is 0 Å². The number of amides is 1. The van der Waals surface area contributed by atoms with Crippen LogP contribution in [0.25, 0.3) is 0 Å². The summed E-state index contributed by atoms with van der Waals surface area (Å²) in [6.07, 6.45) is 3.17. The number of nitrogens with one attached hydrogen (secondary N) is 1. The van der Waals surface area contributed by atoms with Gasteiger partial charge in [0.25, 0.3) is 0 Å². The highest BCUT2D eigenvalue weighted by atomic mass is 16.5. The number of hydrogen-bond donors (Lipinski definition) is 2. The first-order valence-corrected chi connectivity index (χ1v) is 6.50. The molecule has 0 radical (unpaired) electrons. The highest BCUT2D eigenvalue weighted by molar-refractivity contribution is 5.81. The van der Waals surface area contributed by atoms with Crippen molar-refractivity contribution in [1.29, 1.82) is 0 Å². The molecule has 1 rings (SSSR count). The van der Waals surface area contributed by atoms with Gasteiger partial charge in [-0.1, -0.05) is 36.4 Å². The first-order chi connectivity index (χ1) is 9.24. The van der Waals surface area contributed by atoms with Gasteiger partial charge in [0, 0.05) is 6.54 Å². The lowest BCUT2D eigenvalue weighted by molar-refractivity contribution is -0.122. The predicted molar refractivity (Wildman–Crippen MR) is 76.8 cm³/mol. The van der Waals surface area contributed by atoms with E-state index in [4.69, 9.17) is 10.5 Å². The van der Waals surface area contributed by atoms with E-state index in [1.807, 2.05) is 30.3 Å². The van der Waals surface area contributed by atoms with Crippen molar-refractivity contribution in [3.63, 3.8) is 0 Å². The number of ether oxygens (including phenoxy) is 1. The van der Waals surface area contributed by atoms with Gasteiger partial charge in [-0.25, -0.2) is 0 Å². The summed E-state index contributed by atoms with van der Waals surface area (Å²) in [5, 5.41) is 2.76. The third-order valence-corrected chi connectivity index (χ3v) is 2.65. The van der Waals surface area contributed by atoms with E-state index in [2.05, 4.69) is 11.9 Å². The van der Waals surface area contributed by atoms with Gasteiger partial charge >= 0.3 is 0 Å². The molecule has 4 heteroatoms. The van der Waals surface area contributed by atoms with Crippen LogP contribution in [-0.2, 0) is 16.0 Å². The van der Waals surface area contributed by atoms with Crippen molar-refractivity contribution < 1.29 is 9.53 Å². The minimum Gasteiger partial charge on any atom is -0.379 e. The fraction of sp³-hybridized carbons (Fsp3) is 0.400. The zero-order valence-electron chi connectivity index (χ0n) is 11.2. The van der Waals surface area contributed by atoms with Gasteiger partial charge in [0.1, 0.15) is 0 Å². The van der Waals surface area contributed by atoms with Crippen LogP contribution < -0.4 is 11.1 Å². The van der Waals surface area contributed by atoms with E-state index in [9.17, 15) is 4.79 Å². The Labute approximate surface area is 114 Å². The minimum atomic E-state index is -0.518. The van der Waals surface area contributed by atoms with Crippen LogP contribution in [0.1, 0.15) is 12.0 Å². The molecule has 1 atom stereocenters. The van der Waals surface area contributed by atoms with Gasteiger partial charge in [-0.2, -0.15) is 0 Å².